The van der Waals surface area contributed by atoms with Gasteiger partial charge in [0.25, 0.3) is 0 Å². The molecule has 9 aliphatic heterocycles. The average molecular weight is 1710 g/mol. The SMILES string of the molecule is [C-]#[N+]C[C@H]1CN(c2nc(OC[C@@H]3CCCN3C)nc3c2COC(c2ccccc2C(F)(F)F)C3)CCN1C(=O)C=C.[C-]#[N+]C[C@H]1CN(c2nc(OC[C@@H]3CCCN3C)nc3c2CO[C@@H](c2ccccc2C(F)(F)F)C3)CCN1C(=O)C=C.[C-]#[N+]C[C@H]1CN(c2nc(OC[C@@H]3CCCN3C)nc3c2CO[C@H](c2ccccc2C(F)(F)F)C3)CCN1C(=O)C=C. The molecule has 3 aromatic carbocycles. The van der Waals surface area contributed by atoms with Gasteiger partial charge in [-0.05, 0) is 132 Å². The van der Waals surface area contributed by atoms with Crippen LogP contribution in [0.1, 0.15) is 124 Å². The highest BCUT2D eigenvalue weighted by Crippen LogP contribution is 2.46. The van der Waals surface area contributed by atoms with E-state index in [9.17, 15) is 53.9 Å². The third-order valence-corrected chi connectivity index (χ3v) is 24.3. The second-order valence-corrected chi connectivity index (χ2v) is 31.8. The van der Waals surface area contributed by atoms with E-state index >= 15 is 0 Å². The number of piperazine rings is 3. The molecule has 123 heavy (non-hydrogen) atoms. The van der Waals surface area contributed by atoms with Crippen LogP contribution in [-0.4, -0.2) is 252 Å². The van der Waals surface area contributed by atoms with Gasteiger partial charge in [0.2, 0.25) is 37.4 Å². The Hall–Kier alpha value is -11.1. The molecule has 0 N–H and O–H groups in total. The van der Waals surface area contributed by atoms with Crippen molar-refractivity contribution >= 4 is 35.2 Å². The number of rotatable bonds is 21. The average Bonchev–Trinajstić information content (AvgIpc) is 1.13. The molecular weight excluding hydrogens is 1610 g/mol. The van der Waals surface area contributed by atoms with Gasteiger partial charge in [0.1, 0.15) is 55.4 Å². The Labute approximate surface area is 708 Å². The van der Waals surface area contributed by atoms with E-state index in [-0.39, 0.29) is 147 Å². The molecule has 1 unspecified atom stereocenters. The lowest BCUT2D eigenvalue weighted by atomic mass is 9.95. The maximum absolute atomic E-state index is 13.8. The van der Waals surface area contributed by atoms with Crippen LogP contribution in [0.4, 0.5) is 57.0 Å². The molecule has 12 heterocycles. The summed E-state index contributed by atoms with van der Waals surface area (Å²) < 4.78 is 161. The van der Waals surface area contributed by atoms with Crippen LogP contribution in [0.15, 0.2) is 111 Å². The van der Waals surface area contributed by atoms with Crippen LogP contribution in [0, 0.1) is 19.7 Å². The highest BCUT2D eigenvalue weighted by Gasteiger charge is 2.45. The number of amides is 3. The number of ether oxygens (including phenoxy) is 6. The van der Waals surface area contributed by atoms with E-state index in [2.05, 4.69) is 63.9 Å². The van der Waals surface area contributed by atoms with E-state index < -0.39 is 53.5 Å². The van der Waals surface area contributed by atoms with E-state index in [0.29, 0.717) is 130 Å². The lowest BCUT2D eigenvalue weighted by molar-refractivity contribution is -0.140. The second-order valence-electron chi connectivity index (χ2n) is 31.8. The molecule has 3 aromatic heterocycles. The first-order valence-corrected chi connectivity index (χ1v) is 41.1. The number of carbonyl (C=O) groups excluding carboxylic acids is 3. The summed E-state index contributed by atoms with van der Waals surface area (Å²) in [5, 5.41) is 0. The number of anilines is 3. The minimum Gasteiger partial charge on any atom is -0.462 e. The minimum absolute atomic E-state index is 0.0203. The molecule has 0 aliphatic carbocycles. The van der Waals surface area contributed by atoms with Gasteiger partial charge in [0.05, 0.1) is 71.9 Å². The van der Waals surface area contributed by atoms with Crippen molar-refractivity contribution in [3.05, 3.63) is 212 Å². The van der Waals surface area contributed by atoms with Crippen molar-refractivity contribution in [1.29, 1.82) is 0 Å². The number of aromatic nitrogens is 6. The van der Waals surface area contributed by atoms with Crippen LogP contribution in [-0.2, 0) is 86.2 Å². The summed E-state index contributed by atoms with van der Waals surface area (Å²) in [4.78, 5) is 93.7. The van der Waals surface area contributed by atoms with Crippen molar-refractivity contribution in [2.45, 2.75) is 151 Å². The Kier molecular flexibility index (Phi) is 28.9. The number of halogens is 9. The zero-order valence-electron chi connectivity index (χ0n) is 68.8. The van der Waals surface area contributed by atoms with Crippen LogP contribution >= 0.6 is 0 Å². The van der Waals surface area contributed by atoms with Crippen molar-refractivity contribution in [3.8, 4) is 18.0 Å². The van der Waals surface area contributed by atoms with Crippen molar-refractivity contribution in [2.24, 2.45) is 0 Å². The lowest BCUT2D eigenvalue weighted by Crippen LogP contribution is -2.56. The summed E-state index contributed by atoms with van der Waals surface area (Å²) in [6.07, 6.45) is -5.73. The molecule has 27 nitrogen and oxygen atoms in total. The highest BCUT2D eigenvalue weighted by atomic mass is 19.4. The van der Waals surface area contributed by atoms with Gasteiger partial charge >= 0.3 is 36.6 Å². The third-order valence-electron chi connectivity index (χ3n) is 24.3. The molecular formula is C87H99F9N18O9. The molecule has 9 atom stereocenters. The summed E-state index contributed by atoms with van der Waals surface area (Å²) >= 11 is 0. The predicted octanol–water partition coefficient (Wildman–Crippen LogP) is 11.7. The molecule has 0 saturated carbocycles. The standard InChI is InChI=1S/3C29H33F3N6O3/c3*1-4-26(39)38-13-12-37(16-20(38)15-33-2)27-22-18-40-25(21-9-5-6-10-23(21)29(30,31)32)14-24(22)34-28(35-27)41-17-19-8-7-11-36(19)3/h3*4-6,9-10,19-20,25H,1,7-8,11-18H2,3H3/t19-,20-,25?;19-,20-,25+;19-,20-,25-/m000/s1. The smallest absolute Gasteiger partial charge is 0.416 e. The number of carbonyl (C=O) groups is 3. The van der Waals surface area contributed by atoms with Gasteiger partial charge in [-0.3, -0.25) is 14.4 Å². The fourth-order valence-electron chi connectivity index (χ4n) is 17.6. The van der Waals surface area contributed by atoms with Gasteiger partial charge in [-0.1, -0.05) is 74.3 Å². The van der Waals surface area contributed by atoms with Gasteiger partial charge in [-0.2, -0.15) is 69.4 Å². The van der Waals surface area contributed by atoms with Gasteiger partial charge in [0.15, 0.2) is 0 Å². The molecule has 654 valence electrons. The van der Waals surface area contributed by atoms with Gasteiger partial charge in [-0.25, -0.2) is 19.7 Å². The van der Waals surface area contributed by atoms with Crippen molar-refractivity contribution in [1.82, 2.24) is 59.3 Å². The quantitative estimate of drug-likeness (QED) is 0.0371. The fraction of sp³-hybridized carbons (Fsp3) is 0.517. The molecule has 0 spiro atoms. The van der Waals surface area contributed by atoms with Crippen LogP contribution in [0.25, 0.3) is 14.5 Å². The zero-order valence-corrected chi connectivity index (χ0v) is 68.8. The largest absolute Gasteiger partial charge is 0.462 e. The van der Waals surface area contributed by atoms with Gasteiger partial charge in [0, 0.05) is 113 Å². The molecule has 0 bridgehead atoms. The summed E-state index contributed by atoms with van der Waals surface area (Å²) in [6.45, 7) is 41.0. The zero-order chi connectivity index (χ0) is 87.4. The molecule has 15 rings (SSSR count). The summed E-state index contributed by atoms with van der Waals surface area (Å²) in [7, 11) is 6.13. The topological polar surface area (TPSA) is 226 Å². The fourth-order valence-corrected chi connectivity index (χ4v) is 17.6. The Bertz CT molecular complexity index is 4470. The number of alkyl halides is 9. The first-order chi connectivity index (χ1) is 59.1. The molecule has 6 fully saturated rings. The predicted molar refractivity (Wildman–Crippen MR) is 436 cm³/mol. The van der Waals surface area contributed by atoms with Crippen LogP contribution < -0.4 is 28.9 Å². The van der Waals surface area contributed by atoms with Gasteiger partial charge in [-0.15, -0.1) is 0 Å². The van der Waals surface area contributed by atoms with Crippen molar-refractivity contribution in [3.63, 3.8) is 0 Å². The van der Waals surface area contributed by atoms with Crippen molar-refractivity contribution < 1.29 is 82.3 Å². The van der Waals surface area contributed by atoms with E-state index in [1.54, 1.807) is 32.9 Å². The number of benzene rings is 3. The maximum Gasteiger partial charge on any atom is 0.416 e. The minimum atomic E-state index is -4.51. The number of hydrogen-bond donors (Lipinski definition) is 0. The van der Waals surface area contributed by atoms with Crippen LogP contribution in [0.5, 0.6) is 18.0 Å². The van der Waals surface area contributed by atoms with E-state index in [1.807, 2.05) is 35.8 Å². The molecule has 36 heteroatoms. The summed E-state index contributed by atoms with van der Waals surface area (Å²) in [5.74, 6) is 0.987. The van der Waals surface area contributed by atoms with Crippen molar-refractivity contribution in [2.75, 3.05) is 154 Å². The monoisotopic (exact) mass is 1710 g/mol. The number of likely N-dealkylation sites (tertiary alicyclic amines) is 3. The van der Waals surface area contributed by atoms with E-state index in [0.717, 1.165) is 76.4 Å². The maximum atomic E-state index is 13.8. The van der Waals surface area contributed by atoms with E-state index in [1.165, 1.54) is 54.6 Å². The number of fused-ring (bicyclic) bond motifs is 3. The summed E-state index contributed by atoms with van der Waals surface area (Å²) in [5.41, 5.74) is 1.77. The Morgan fingerprint density at radius 2 is 0.683 bits per heavy atom. The second kappa shape index (κ2) is 39.6. The lowest BCUT2D eigenvalue weighted by Gasteiger charge is -2.40. The first-order valence-electron chi connectivity index (χ1n) is 41.1. The normalized spacial score (nSPS) is 23.1. The molecule has 9 aliphatic rings. The number of nitrogens with zero attached hydrogens (tertiary/aromatic N) is 18. The Morgan fingerprint density at radius 1 is 0.415 bits per heavy atom. The number of likely N-dealkylation sites (N-methyl/N-ethyl adjacent to an activating group) is 3. The molecule has 6 aromatic rings. The molecule has 0 radical (unpaired) electrons. The molecule has 6 saturated heterocycles. The Balaban J connectivity index is 0.000000159. The van der Waals surface area contributed by atoms with Crippen LogP contribution in [0.3, 0.4) is 0 Å². The third kappa shape index (κ3) is 21.1. The Morgan fingerprint density at radius 3 is 0.919 bits per heavy atom. The van der Waals surface area contributed by atoms with Gasteiger partial charge < -0.3 is 87.1 Å². The van der Waals surface area contributed by atoms with E-state index in [4.69, 9.17) is 63.1 Å². The van der Waals surface area contributed by atoms with Crippen LogP contribution in [0.2, 0.25) is 0 Å². The number of hydrogen-bond acceptors (Lipinski definition) is 21. The first kappa shape index (κ1) is 89.7. The highest BCUT2D eigenvalue weighted by molar-refractivity contribution is 5.88. The molecule has 3 amide bonds. The summed E-state index contributed by atoms with van der Waals surface area (Å²) in [6, 6.07) is 16.4.